The zero-order chi connectivity index (χ0) is 20.2. The molecule has 1 saturated heterocycles. The van der Waals surface area contributed by atoms with E-state index < -0.39 is 0 Å². The fraction of sp³-hybridized carbons (Fsp3) is 0.238. The highest BCUT2D eigenvalue weighted by atomic mass is 19.1. The second-order valence-corrected chi connectivity index (χ2v) is 6.80. The highest BCUT2D eigenvalue weighted by molar-refractivity contribution is 5.92. The van der Waals surface area contributed by atoms with Crippen LogP contribution in [0.15, 0.2) is 55.0 Å². The van der Waals surface area contributed by atoms with E-state index in [1.54, 1.807) is 27.8 Å². The quantitative estimate of drug-likeness (QED) is 0.638. The summed E-state index contributed by atoms with van der Waals surface area (Å²) in [5, 5.41) is 4.37. The summed E-state index contributed by atoms with van der Waals surface area (Å²) in [4.78, 5) is 24.9. The number of halogens is 1. The molecule has 1 aliphatic heterocycles. The van der Waals surface area contributed by atoms with Gasteiger partial charge in [-0.2, -0.15) is 5.10 Å². The number of benzene rings is 1. The topological polar surface area (TPSA) is 67.2 Å². The molecular formula is C21H21FN6O. The molecule has 3 heterocycles. The molecule has 148 valence electrons. The number of nitrogens with zero attached hydrogens (tertiary/aromatic N) is 6. The summed E-state index contributed by atoms with van der Waals surface area (Å²) in [7, 11) is 0. The Bertz CT molecular complexity index is 1040. The van der Waals surface area contributed by atoms with E-state index in [1.807, 2.05) is 25.3 Å². The third-order valence-corrected chi connectivity index (χ3v) is 4.82. The first kappa shape index (κ1) is 18.8. The van der Waals surface area contributed by atoms with E-state index in [9.17, 15) is 9.18 Å². The first-order chi connectivity index (χ1) is 14.1. The third-order valence-electron chi connectivity index (χ3n) is 4.82. The van der Waals surface area contributed by atoms with Crippen molar-refractivity contribution >= 4 is 17.8 Å². The standard InChI is InChI=1S/C21H21FN6O/c1-16-8-9-28(25-16)20-14-19(23-15-24-20)26-10-12-27(13-11-26)21(29)7-6-17-4-2-3-5-18(17)22/h2-9,14-15H,10-13H2,1H3/b7-6+. The maximum absolute atomic E-state index is 13.7. The van der Waals surface area contributed by atoms with Crippen LogP contribution in [0.4, 0.5) is 10.2 Å². The summed E-state index contributed by atoms with van der Waals surface area (Å²) >= 11 is 0. The lowest BCUT2D eigenvalue weighted by Gasteiger charge is -2.35. The molecule has 4 rings (SSSR count). The lowest BCUT2D eigenvalue weighted by atomic mass is 10.2. The smallest absolute Gasteiger partial charge is 0.246 e. The second-order valence-electron chi connectivity index (χ2n) is 6.80. The Labute approximate surface area is 168 Å². The zero-order valence-electron chi connectivity index (χ0n) is 16.1. The van der Waals surface area contributed by atoms with Crippen LogP contribution in [-0.4, -0.2) is 56.7 Å². The monoisotopic (exact) mass is 392 g/mol. The van der Waals surface area contributed by atoms with Crippen molar-refractivity contribution < 1.29 is 9.18 Å². The van der Waals surface area contributed by atoms with Gasteiger partial charge in [-0.3, -0.25) is 4.79 Å². The largest absolute Gasteiger partial charge is 0.353 e. The lowest BCUT2D eigenvalue weighted by Crippen LogP contribution is -2.48. The fourth-order valence-electron chi connectivity index (χ4n) is 3.21. The van der Waals surface area contributed by atoms with Gasteiger partial charge in [0.2, 0.25) is 5.91 Å². The maximum atomic E-state index is 13.7. The van der Waals surface area contributed by atoms with E-state index in [0.717, 1.165) is 11.5 Å². The van der Waals surface area contributed by atoms with Crippen LogP contribution in [-0.2, 0) is 4.79 Å². The molecule has 1 aliphatic rings. The Kier molecular flexibility index (Phi) is 5.33. The molecule has 0 radical (unpaired) electrons. The van der Waals surface area contributed by atoms with Gasteiger partial charge in [0.25, 0.3) is 0 Å². The average molecular weight is 392 g/mol. The van der Waals surface area contributed by atoms with Gasteiger partial charge in [-0.1, -0.05) is 18.2 Å². The van der Waals surface area contributed by atoms with E-state index in [-0.39, 0.29) is 11.7 Å². The van der Waals surface area contributed by atoms with E-state index in [0.29, 0.717) is 37.6 Å². The Morgan fingerprint density at radius 3 is 2.55 bits per heavy atom. The minimum absolute atomic E-state index is 0.122. The number of hydrogen-bond donors (Lipinski definition) is 0. The van der Waals surface area contributed by atoms with Crippen LogP contribution >= 0.6 is 0 Å². The number of amides is 1. The van der Waals surface area contributed by atoms with Gasteiger partial charge >= 0.3 is 0 Å². The Morgan fingerprint density at radius 2 is 1.83 bits per heavy atom. The summed E-state index contributed by atoms with van der Waals surface area (Å²) in [5.74, 6) is 1.04. The number of carbonyl (C=O) groups excluding carboxylic acids is 1. The van der Waals surface area contributed by atoms with Crippen molar-refractivity contribution in [3.05, 3.63) is 72.1 Å². The van der Waals surface area contributed by atoms with Gasteiger partial charge in [-0.15, -0.1) is 0 Å². The minimum atomic E-state index is -0.340. The lowest BCUT2D eigenvalue weighted by molar-refractivity contribution is -0.126. The molecule has 1 fully saturated rings. The number of aryl methyl sites for hydroxylation is 1. The Morgan fingerprint density at radius 1 is 1.07 bits per heavy atom. The van der Waals surface area contributed by atoms with E-state index >= 15 is 0 Å². The van der Waals surface area contributed by atoms with Crippen LogP contribution < -0.4 is 4.90 Å². The maximum Gasteiger partial charge on any atom is 0.246 e. The van der Waals surface area contributed by atoms with Crippen LogP contribution in [0, 0.1) is 12.7 Å². The molecular weight excluding hydrogens is 371 g/mol. The van der Waals surface area contributed by atoms with Crippen molar-refractivity contribution in [3.63, 3.8) is 0 Å². The fourth-order valence-corrected chi connectivity index (χ4v) is 3.21. The number of anilines is 1. The molecule has 0 aliphatic carbocycles. The first-order valence-electron chi connectivity index (χ1n) is 9.41. The number of aromatic nitrogens is 4. The SMILES string of the molecule is Cc1ccn(-c2cc(N3CCN(C(=O)/C=C/c4ccccc4F)CC3)ncn2)n1. The zero-order valence-corrected chi connectivity index (χ0v) is 16.1. The third kappa shape index (κ3) is 4.31. The van der Waals surface area contributed by atoms with E-state index in [2.05, 4.69) is 20.0 Å². The van der Waals surface area contributed by atoms with Crippen molar-refractivity contribution in [2.45, 2.75) is 6.92 Å². The van der Waals surface area contributed by atoms with E-state index in [4.69, 9.17) is 0 Å². The summed E-state index contributed by atoms with van der Waals surface area (Å²) in [6, 6.07) is 10.2. The van der Waals surface area contributed by atoms with Gasteiger partial charge in [0.15, 0.2) is 5.82 Å². The van der Waals surface area contributed by atoms with Gasteiger partial charge in [0.05, 0.1) is 5.69 Å². The molecule has 1 aromatic carbocycles. The molecule has 0 saturated carbocycles. The first-order valence-corrected chi connectivity index (χ1v) is 9.41. The van der Waals surface area contributed by atoms with Gasteiger partial charge in [0.1, 0.15) is 18.0 Å². The molecule has 1 amide bonds. The predicted molar refractivity (Wildman–Crippen MR) is 108 cm³/mol. The van der Waals surface area contributed by atoms with Crippen LogP contribution in [0.2, 0.25) is 0 Å². The molecule has 0 unspecified atom stereocenters. The number of piperazine rings is 1. The minimum Gasteiger partial charge on any atom is -0.353 e. The summed E-state index contributed by atoms with van der Waals surface area (Å²) in [5.41, 5.74) is 1.32. The van der Waals surface area contributed by atoms with Gasteiger partial charge < -0.3 is 9.80 Å². The Hall–Kier alpha value is -3.55. The molecule has 8 heteroatoms. The van der Waals surface area contributed by atoms with Gasteiger partial charge in [-0.05, 0) is 25.1 Å². The van der Waals surface area contributed by atoms with Crippen molar-refractivity contribution in [2.75, 3.05) is 31.1 Å². The highest BCUT2D eigenvalue weighted by Crippen LogP contribution is 2.16. The van der Waals surface area contributed by atoms with E-state index in [1.165, 1.54) is 24.5 Å². The van der Waals surface area contributed by atoms with Crippen molar-refractivity contribution in [2.24, 2.45) is 0 Å². The molecule has 0 bridgehead atoms. The summed E-state index contributed by atoms with van der Waals surface area (Å²) in [6.45, 7) is 4.39. The highest BCUT2D eigenvalue weighted by Gasteiger charge is 2.21. The molecule has 0 spiro atoms. The molecule has 0 atom stereocenters. The summed E-state index contributed by atoms with van der Waals surface area (Å²) in [6.07, 6.45) is 6.33. The van der Waals surface area contributed by atoms with Crippen LogP contribution in [0.25, 0.3) is 11.9 Å². The van der Waals surface area contributed by atoms with Crippen LogP contribution in [0.3, 0.4) is 0 Å². The van der Waals surface area contributed by atoms with Crippen LogP contribution in [0.1, 0.15) is 11.3 Å². The van der Waals surface area contributed by atoms with Gasteiger partial charge in [-0.25, -0.2) is 19.0 Å². The molecule has 0 N–H and O–H groups in total. The van der Waals surface area contributed by atoms with Crippen molar-refractivity contribution in [1.82, 2.24) is 24.6 Å². The molecule has 29 heavy (non-hydrogen) atoms. The average Bonchev–Trinajstić information content (AvgIpc) is 3.19. The van der Waals surface area contributed by atoms with Crippen molar-refractivity contribution in [1.29, 1.82) is 0 Å². The molecule has 2 aromatic heterocycles. The number of hydrogen-bond acceptors (Lipinski definition) is 5. The van der Waals surface area contributed by atoms with Gasteiger partial charge in [0, 0.05) is 50.1 Å². The second kappa shape index (κ2) is 8.22. The predicted octanol–water partition coefficient (Wildman–Crippen LogP) is 2.47. The normalized spacial score (nSPS) is 14.6. The van der Waals surface area contributed by atoms with Crippen LogP contribution in [0.5, 0.6) is 0 Å². The summed E-state index contributed by atoms with van der Waals surface area (Å²) < 4.78 is 15.4. The molecule has 3 aromatic rings. The van der Waals surface area contributed by atoms with Crippen molar-refractivity contribution in [3.8, 4) is 5.82 Å². The number of carbonyl (C=O) groups is 1. The number of rotatable bonds is 4. The Balaban J connectivity index is 1.38. The molecule has 7 nitrogen and oxygen atoms in total.